The number of rotatable bonds is 9. The Bertz CT molecular complexity index is 186. The number of nitrogens with one attached hydrogen (secondary N) is 1. The number of halogens is 3. The lowest BCUT2D eigenvalue weighted by molar-refractivity contribution is -0.149. The zero-order valence-electron chi connectivity index (χ0n) is 10.8. The summed E-state index contributed by atoms with van der Waals surface area (Å²) in [6.07, 6.45) is -3.41. The molecule has 0 aliphatic rings. The van der Waals surface area contributed by atoms with Crippen molar-refractivity contribution in [1.82, 2.24) is 10.2 Å². The molecule has 3 nitrogen and oxygen atoms in total. The van der Waals surface area contributed by atoms with Gasteiger partial charge in [-0.15, -0.1) is 0 Å². The van der Waals surface area contributed by atoms with E-state index in [1.807, 2.05) is 0 Å². The monoisotopic (exact) mass is 256 g/mol. The Hall–Kier alpha value is -0.330. The maximum absolute atomic E-state index is 12.3. The van der Waals surface area contributed by atoms with E-state index in [2.05, 4.69) is 5.32 Å². The van der Waals surface area contributed by atoms with Crippen LogP contribution in [-0.2, 0) is 4.74 Å². The average Bonchev–Trinajstić information content (AvgIpc) is 2.19. The Morgan fingerprint density at radius 2 is 1.88 bits per heavy atom. The number of hydrogen-bond donors (Lipinski definition) is 1. The predicted octanol–water partition coefficient (Wildman–Crippen LogP) is 1.89. The molecule has 0 heterocycles. The summed E-state index contributed by atoms with van der Waals surface area (Å²) < 4.78 is 41.7. The van der Waals surface area contributed by atoms with Gasteiger partial charge in [-0.1, -0.05) is 0 Å². The van der Waals surface area contributed by atoms with Crippen molar-refractivity contribution in [2.24, 2.45) is 0 Å². The third-order valence-corrected chi connectivity index (χ3v) is 2.39. The topological polar surface area (TPSA) is 24.5 Å². The van der Waals surface area contributed by atoms with Gasteiger partial charge in [-0.3, -0.25) is 4.90 Å². The Balaban J connectivity index is 3.71. The number of nitrogens with zero attached hydrogens (tertiary/aromatic N) is 1. The fraction of sp³-hybridized carbons (Fsp3) is 1.00. The zero-order chi connectivity index (χ0) is 13.3. The van der Waals surface area contributed by atoms with E-state index in [4.69, 9.17) is 4.74 Å². The minimum Gasteiger partial charge on any atom is -0.383 e. The fourth-order valence-corrected chi connectivity index (χ4v) is 1.46. The normalized spacial score (nSPS) is 12.7. The largest absolute Gasteiger partial charge is 0.401 e. The first-order chi connectivity index (χ1) is 7.87. The summed E-state index contributed by atoms with van der Waals surface area (Å²) in [5, 5.41) is 3.11. The third-order valence-electron chi connectivity index (χ3n) is 2.39. The molecular weight excluding hydrogens is 233 g/mol. The van der Waals surface area contributed by atoms with Gasteiger partial charge in [-0.2, -0.15) is 13.2 Å². The van der Waals surface area contributed by atoms with Gasteiger partial charge in [-0.05, 0) is 33.4 Å². The van der Waals surface area contributed by atoms with Crippen LogP contribution >= 0.6 is 0 Å². The molecule has 0 atom stereocenters. The molecule has 0 aliphatic carbocycles. The van der Waals surface area contributed by atoms with Gasteiger partial charge in [0.25, 0.3) is 0 Å². The molecule has 0 saturated carbocycles. The Morgan fingerprint density at radius 1 is 1.24 bits per heavy atom. The molecule has 0 saturated heterocycles. The van der Waals surface area contributed by atoms with Crippen molar-refractivity contribution in [3.05, 3.63) is 0 Å². The summed E-state index contributed by atoms with van der Waals surface area (Å²) in [7, 11) is 1.62. The maximum atomic E-state index is 12.3. The molecule has 0 aliphatic heterocycles. The minimum atomic E-state index is -4.12. The van der Waals surface area contributed by atoms with Gasteiger partial charge in [0.2, 0.25) is 0 Å². The average molecular weight is 256 g/mol. The van der Waals surface area contributed by atoms with Crippen LogP contribution in [-0.4, -0.2) is 57.0 Å². The van der Waals surface area contributed by atoms with E-state index >= 15 is 0 Å². The van der Waals surface area contributed by atoms with Crippen LogP contribution in [0.15, 0.2) is 0 Å². The van der Waals surface area contributed by atoms with Gasteiger partial charge in [0.15, 0.2) is 0 Å². The minimum absolute atomic E-state index is 0.0874. The van der Waals surface area contributed by atoms with Crippen molar-refractivity contribution in [3.63, 3.8) is 0 Å². The molecule has 0 bridgehead atoms. The van der Waals surface area contributed by atoms with Crippen molar-refractivity contribution in [2.45, 2.75) is 32.5 Å². The second-order valence-corrected chi connectivity index (χ2v) is 4.28. The molecule has 0 rings (SSSR count). The molecule has 6 heteroatoms. The molecule has 0 unspecified atom stereocenters. The SMILES string of the molecule is COCCNCCCN(CC(F)(F)F)C(C)C. The Kier molecular flexibility index (Phi) is 8.55. The van der Waals surface area contributed by atoms with E-state index in [0.717, 1.165) is 6.54 Å². The first-order valence-electron chi connectivity index (χ1n) is 5.87. The lowest BCUT2D eigenvalue weighted by Gasteiger charge is -2.27. The molecule has 0 spiro atoms. The van der Waals surface area contributed by atoms with Crippen LogP contribution in [0, 0.1) is 0 Å². The van der Waals surface area contributed by atoms with Crippen LogP contribution in [0.2, 0.25) is 0 Å². The first kappa shape index (κ1) is 16.7. The van der Waals surface area contributed by atoms with E-state index in [1.165, 1.54) is 4.90 Å². The molecule has 17 heavy (non-hydrogen) atoms. The van der Waals surface area contributed by atoms with E-state index in [9.17, 15) is 13.2 Å². The second kappa shape index (κ2) is 8.72. The molecule has 104 valence electrons. The zero-order valence-corrected chi connectivity index (χ0v) is 10.8. The van der Waals surface area contributed by atoms with E-state index in [1.54, 1.807) is 21.0 Å². The Labute approximate surface area is 101 Å². The highest BCUT2D eigenvalue weighted by molar-refractivity contribution is 4.67. The van der Waals surface area contributed by atoms with E-state index in [-0.39, 0.29) is 6.04 Å². The van der Waals surface area contributed by atoms with Crippen LogP contribution in [0.1, 0.15) is 20.3 Å². The quantitative estimate of drug-likeness (QED) is 0.638. The summed E-state index contributed by atoms with van der Waals surface area (Å²) in [6.45, 7) is 5.26. The summed E-state index contributed by atoms with van der Waals surface area (Å²) in [5.74, 6) is 0. The van der Waals surface area contributed by atoms with Gasteiger partial charge in [-0.25, -0.2) is 0 Å². The number of alkyl halides is 3. The van der Waals surface area contributed by atoms with Crippen LogP contribution in [0.25, 0.3) is 0 Å². The molecule has 0 amide bonds. The second-order valence-electron chi connectivity index (χ2n) is 4.28. The van der Waals surface area contributed by atoms with Crippen molar-refractivity contribution < 1.29 is 17.9 Å². The van der Waals surface area contributed by atoms with Crippen molar-refractivity contribution in [1.29, 1.82) is 0 Å². The molecule has 0 radical (unpaired) electrons. The number of methoxy groups -OCH3 is 1. The highest BCUT2D eigenvalue weighted by atomic mass is 19.4. The third kappa shape index (κ3) is 10.5. The highest BCUT2D eigenvalue weighted by Crippen LogP contribution is 2.17. The van der Waals surface area contributed by atoms with Gasteiger partial charge in [0.1, 0.15) is 0 Å². The summed E-state index contributed by atoms with van der Waals surface area (Å²) in [6, 6.07) is -0.0874. The van der Waals surface area contributed by atoms with Crippen molar-refractivity contribution in [3.8, 4) is 0 Å². The molecule has 0 fully saturated rings. The van der Waals surface area contributed by atoms with Crippen LogP contribution in [0.5, 0.6) is 0 Å². The van der Waals surface area contributed by atoms with Gasteiger partial charge >= 0.3 is 6.18 Å². The standard InChI is InChI=1S/C11H23F3N2O/c1-10(2)16(9-11(12,13)14)7-4-5-15-6-8-17-3/h10,15H,4-9H2,1-3H3. The maximum Gasteiger partial charge on any atom is 0.401 e. The molecule has 0 aromatic heterocycles. The van der Waals surface area contributed by atoms with E-state index in [0.29, 0.717) is 26.1 Å². The lowest BCUT2D eigenvalue weighted by Crippen LogP contribution is -2.40. The summed E-state index contributed by atoms with van der Waals surface area (Å²) in [4.78, 5) is 1.44. The number of ether oxygens (including phenoxy) is 1. The van der Waals surface area contributed by atoms with Crippen molar-refractivity contribution >= 4 is 0 Å². The predicted molar refractivity (Wildman–Crippen MR) is 62.1 cm³/mol. The van der Waals surface area contributed by atoms with Crippen LogP contribution in [0.3, 0.4) is 0 Å². The fourth-order valence-electron chi connectivity index (χ4n) is 1.46. The van der Waals surface area contributed by atoms with Crippen LogP contribution in [0.4, 0.5) is 13.2 Å². The molecular formula is C11H23F3N2O. The highest BCUT2D eigenvalue weighted by Gasteiger charge is 2.31. The van der Waals surface area contributed by atoms with Gasteiger partial charge in [0, 0.05) is 19.7 Å². The first-order valence-corrected chi connectivity index (χ1v) is 5.87. The smallest absolute Gasteiger partial charge is 0.383 e. The number of hydrogen-bond acceptors (Lipinski definition) is 3. The lowest BCUT2D eigenvalue weighted by atomic mass is 10.2. The van der Waals surface area contributed by atoms with Gasteiger partial charge < -0.3 is 10.1 Å². The van der Waals surface area contributed by atoms with Crippen LogP contribution < -0.4 is 5.32 Å². The molecule has 0 aromatic carbocycles. The Morgan fingerprint density at radius 3 is 2.35 bits per heavy atom. The molecule has 1 N–H and O–H groups in total. The van der Waals surface area contributed by atoms with Gasteiger partial charge in [0.05, 0.1) is 13.2 Å². The van der Waals surface area contributed by atoms with E-state index < -0.39 is 12.7 Å². The summed E-state index contributed by atoms with van der Waals surface area (Å²) >= 11 is 0. The molecule has 0 aromatic rings. The summed E-state index contributed by atoms with van der Waals surface area (Å²) in [5.41, 5.74) is 0. The van der Waals surface area contributed by atoms with Crippen molar-refractivity contribution in [2.75, 3.05) is 39.9 Å².